The van der Waals surface area contributed by atoms with Gasteiger partial charge in [-0.3, -0.25) is 5.32 Å². The van der Waals surface area contributed by atoms with E-state index < -0.39 is 5.67 Å². The van der Waals surface area contributed by atoms with Crippen LogP contribution < -0.4 is 10.6 Å². The molecule has 2 N–H and O–H groups in total. The largest absolute Gasteiger partial charge is 0.335 e. The summed E-state index contributed by atoms with van der Waals surface area (Å²) in [7, 11) is 0. The van der Waals surface area contributed by atoms with E-state index in [1.165, 1.54) is 43.4 Å². The lowest BCUT2D eigenvalue weighted by atomic mass is 9.54. The topological polar surface area (TPSA) is 54.0 Å². The Labute approximate surface area is 162 Å². The van der Waals surface area contributed by atoms with Gasteiger partial charge < -0.3 is 5.32 Å². The molecular weight excluding hydrogens is 361 g/mol. The van der Waals surface area contributed by atoms with E-state index in [0.29, 0.717) is 28.6 Å². The first-order chi connectivity index (χ1) is 12.8. The van der Waals surface area contributed by atoms with E-state index in [9.17, 15) is 9.18 Å². The Morgan fingerprint density at radius 3 is 2.44 bits per heavy atom. The molecule has 144 valence electrons. The van der Waals surface area contributed by atoms with Gasteiger partial charge in [-0.2, -0.15) is 0 Å². The summed E-state index contributed by atoms with van der Waals surface area (Å²) in [5.41, 5.74) is 0.0315. The third kappa shape index (κ3) is 3.22. The number of fused-ring (bicyclic) bond motifs is 1. The summed E-state index contributed by atoms with van der Waals surface area (Å²) in [5.74, 6) is 3.09. The first kappa shape index (κ1) is 17.4. The van der Waals surface area contributed by atoms with Crippen LogP contribution in [0.25, 0.3) is 10.2 Å². The van der Waals surface area contributed by atoms with Crippen molar-refractivity contribution in [2.24, 2.45) is 23.7 Å². The first-order valence-electron chi connectivity index (χ1n) is 10.0. The zero-order valence-electron chi connectivity index (χ0n) is 15.8. The molecule has 4 fully saturated rings. The molecule has 1 heterocycles. The number of hydrogen-bond acceptors (Lipinski definition) is 3. The zero-order valence-corrected chi connectivity index (χ0v) is 16.6. The molecular formula is C21H26FN3OS. The van der Waals surface area contributed by atoms with Crippen molar-refractivity contribution in [3.05, 3.63) is 23.8 Å². The van der Waals surface area contributed by atoms with Crippen molar-refractivity contribution in [2.45, 2.75) is 57.7 Å². The number of nitrogens with one attached hydrogen (secondary N) is 2. The number of carbonyl (C=O) groups excluding carboxylic acids is 1. The number of benzene rings is 1. The van der Waals surface area contributed by atoms with Crippen LogP contribution in [0.5, 0.6) is 0 Å². The SMILES string of the molecule is CC(C)(F)c1ccc2nc(NC(=O)NC3C4CC5CC(C4)CC3C5)sc2c1. The number of carbonyl (C=O) groups is 1. The van der Waals surface area contributed by atoms with Gasteiger partial charge in [0, 0.05) is 6.04 Å². The predicted octanol–water partition coefficient (Wildman–Crippen LogP) is 5.45. The lowest BCUT2D eigenvalue weighted by molar-refractivity contribution is -0.00883. The first-order valence-corrected chi connectivity index (χ1v) is 10.8. The van der Waals surface area contributed by atoms with Crippen molar-refractivity contribution >= 4 is 32.7 Å². The van der Waals surface area contributed by atoms with Gasteiger partial charge in [0.2, 0.25) is 0 Å². The number of alkyl halides is 1. The molecule has 27 heavy (non-hydrogen) atoms. The standard InChI is InChI=1S/C21H26FN3OS/c1-21(2,22)15-3-4-16-17(10-15)27-20(23-16)25-19(26)24-18-13-6-11-5-12(8-13)9-14(18)7-11/h3-4,10-14,18H,5-9H2,1-2H3,(H2,23,24,25,26). The molecule has 2 amide bonds. The van der Waals surface area contributed by atoms with Crippen LogP contribution in [0.1, 0.15) is 51.5 Å². The molecule has 0 spiro atoms. The second kappa shape index (κ2) is 6.16. The molecule has 4 aliphatic carbocycles. The number of amides is 2. The molecule has 4 aliphatic rings. The van der Waals surface area contributed by atoms with Crippen molar-refractivity contribution in [2.75, 3.05) is 5.32 Å². The van der Waals surface area contributed by atoms with E-state index in [1.54, 1.807) is 19.9 Å². The van der Waals surface area contributed by atoms with Crippen LogP contribution in [-0.2, 0) is 5.67 Å². The van der Waals surface area contributed by atoms with Crippen LogP contribution in [0.4, 0.5) is 14.3 Å². The van der Waals surface area contributed by atoms with E-state index in [4.69, 9.17) is 0 Å². The minimum absolute atomic E-state index is 0.155. The van der Waals surface area contributed by atoms with E-state index in [0.717, 1.165) is 22.1 Å². The summed E-state index contributed by atoms with van der Waals surface area (Å²) in [5, 5.41) is 6.73. The number of aromatic nitrogens is 1. The molecule has 0 atom stereocenters. The second-order valence-electron chi connectivity index (χ2n) is 9.23. The molecule has 0 aliphatic heterocycles. The molecule has 1 aromatic carbocycles. The highest BCUT2D eigenvalue weighted by Crippen LogP contribution is 2.53. The Morgan fingerprint density at radius 2 is 1.81 bits per heavy atom. The maximum Gasteiger partial charge on any atom is 0.321 e. The average molecular weight is 388 g/mol. The molecule has 6 heteroatoms. The maximum absolute atomic E-state index is 14.2. The fourth-order valence-corrected chi connectivity index (χ4v) is 6.69. The number of halogens is 1. The number of anilines is 1. The van der Waals surface area contributed by atoms with Gasteiger partial charge in [0.25, 0.3) is 0 Å². The third-order valence-corrected chi connectivity index (χ3v) is 7.75. The number of urea groups is 1. The van der Waals surface area contributed by atoms with Gasteiger partial charge in [0.05, 0.1) is 10.2 Å². The number of nitrogens with zero attached hydrogens (tertiary/aromatic N) is 1. The highest BCUT2D eigenvalue weighted by molar-refractivity contribution is 7.22. The molecule has 0 saturated heterocycles. The van der Waals surface area contributed by atoms with Gasteiger partial charge in [-0.1, -0.05) is 17.4 Å². The van der Waals surface area contributed by atoms with Crippen molar-refractivity contribution < 1.29 is 9.18 Å². The van der Waals surface area contributed by atoms with Crippen molar-refractivity contribution in [1.82, 2.24) is 10.3 Å². The predicted molar refractivity (Wildman–Crippen MR) is 107 cm³/mol. The van der Waals surface area contributed by atoms with Crippen molar-refractivity contribution in [1.29, 1.82) is 0 Å². The van der Waals surface area contributed by atoms with Gasteiger partial charge in [0.15, 0.2) is 5.13 Å². The lowest BCUT2D eigenvalue weighted by Gasteiger charge is -2.54. The van der Waals surface area contributed by atoms with Crippen molar-refractivity contribution in [3.63, 3.8) is 0 Å². The van der Waals surface area contributed by atoms with E-state index in [-0.39, 0.29) is 6.03 Å². The maximum atomic E-state index is 14.2. The summed E-state index contributed by atoms with van der Waals surface area (Å²) in [6, 6.07) is 5.57. The van der Waals surface area contributed by atoms with Crippen LogP contribution in [0.15, 0.2) is 18.2 Å². The molecule has 2 aromatic rings. The van der Waals surface area contributed by atoms with Crippen LogP contribution in [0, 0.1) is 23.7 Å². The van der Waals surface area contributed by atoms with Gasteiger partial charge in [-0.05, 0) is 87.3 Å². The van der Waals surface area contributed by atoms with E-state index in [2.05, 4.69) is 15.6 Å². The summed E-state index contributed by atoms with van der Waals surface area (Å²) >= 11 is 1.40. The van der Waals surface area contributed by atoms with Crippen LogP contribution >= 0.6 is 11.3 Å². The van der Waals surface area contributed by atoms with Gasteiger partial charge in [-0.15, -0.1) is 0 Å². The normalized spacial score (nSPS) is 32.0. The summed E-state index contributed by atoms with van der Waals surface area (Å²) < 4.78 is 15.1. The lowest BCUT2D eigenvalue weighted by Crippen LogP contribution is -2.56. The Hall–Kier alpha value is -1.69. The summed E-state index contributed by atoms with van der Waals surface area (Å²) in [4.78, 5) is 17.1. The Balaban J connectivity index is 1.28. The highest BCUT2D eigenvalue weighted by atomic mass is 32.1. The van der Waals surface area contributed by atoms with Gasteiger partial charge >= 0.3 is 6.03 Å². The molecule has 0 radical (unpaired) electrons. The van der Waals surface area contributed by atoms with Crippen LogP contribution in [0.3, 0.4) is 0 Å². The van der Waals surface area contributed by atoms with Crippen LogP contribution in [0.2, 0.25) is 0 Å². The molecule has 4 bridgehead atoms. The zero-order chi connectivity index (χ0) is 18.8. The Morgan fingerprint density at radius 1 is 1.15 bits per heavy atom. The summed E-state index contributed by atoms with van der Waals surface area (Å²) in [6.07, 6.45) is 6.53. The summed E-state index contributed by atoms with van der Waals surface area (Å²) in [6.45, 7) is 3.10. The fraction of sp³-hybridized carbons (Fsp3) is 0.619. The third-order valence-electron chi connectivity index (χ3n) is 6.82. The molecule has 4 saturated carbocycles. The molecule has 6 rings (SSSR count). The number of thiazole rings is 1. The van der Waals surface area contributed by atoms with Gasteiger partial charge in [0.1, 0.15) is 5.67 Å². The minimum atomic E-state index is -1.39. The minimum Gasteiger partial charge on any atom is -0.335 e. The molecule has 4 nitrogen and oxygen atoms in total. The average Bonchev–Trinajstić information content (AvgIpc) is 2.98. The molecule has 1 aromatic heterocycles. The fourth-order valence-electron chi connectivity index (χ4n) is 5.79. The highest BCUT2D eigenvalue weighted by Gasteiger charge is 2.48. The van der Waals surface area contributed by atoms with Crippen LogP contribution in [-0.4, -0.2) is 17.1 Å². The number of rotatable bonds is 3. The van der Waals surface area contributed by atoms with E-state index in [1.807, 2.05) is 12.1 Å². The smallest absolute Gasteiger partial charge is 0.321 e. The molecule has 0 unspecified atom stereocenters. The van der Waals surface area contributed by atoms with E-state index >= 15 is 0 Å². The second-order valence-corrected chi connectivity index (χ2v) is 10.3. The quantitative estimate of drug-likeness (QED) is 0.736. The van der Waals surface area contributed by atoms with Crippen molar-refractivity contribution in [3.8, 4) is 0 Å². The Bertz CT molecular complexity index is 859. The monoisotopic (exact) mass is 387 g/mol. The number of hydrogen-bond donors (Lipinski definition) is 2. The van der Waals surface area contributed by atoms with Gasteiger partial charge in [-0.25, -0.2) is 14.2 Å². The Kier molecular flexibility index (Phi) is 3.97.